The van der Waals surface area contributed by atoms with Crippen molar-refractivity contribution in [1.29, 1.82) is 0 Å². The van der Waals surface area contributed by atoms with Crippen molar-refractivity contribution in [2.75, 3.05) is 23.7 Å². The van der Waals surface area contributed by atoms with Crippen LogP contribution in [0.25, 0.3) is 0 Å². The molecule has 0 spiro atoms. The Morgan fingerprint density at radius 2 is 1.74 bits per heavy atom. The predicted octanol–water partition coefficient (Wildman–Crippen LogP) is 4.53. The maximum Gasteiger partial charge on any atom is 0.242 e. The molecule has 0 unspecified atom stereocenters. The minimum Gasteiger partial charge on any atom is -0.354 e. The fraction of sp³-hybridized carbons (Fsp3) is 0.462. The number of nitrogens with one attached hydrogen (secondary N) is 1. The van der Waals surface area contributed by atoms with Crippen LogP contribution in [0.5, 0.6) is 0 Å². The molecule has 0 aliphatic rings. The third kappa shape index (κ3) is 8.25. The average molecular weight is 522 g/mol. The third-order valence-corrected chi connectivity index (χ3v) is 7.38. The lowest BCUT2D eigenvalue weighted by Gasteiger charge is -2.31. The van der Waals surface area contributed by atoms with Crippen LogP contribution in [0.1, 0.15) is 50.7 Å². The zero-order chi connectivity index (χ0) is 26.0. The summed E-state index contributed by atoms with van der Waals surface area (Å²) in [5.74, 6) is -0.366. The Balaban J connectivity index is 2.21. The van der Waals surface area contributed by atoms with Crippen LogP contribution in [-0.2, 0) is 26.2 Å². The molecule has 0 aliphatic heterocycles. The highest BCUT2D eigenvalue weighted by atomic mass is 35.5. The second kappa shape index (κ2) is 13.5. The van der Waals surface area contributed by atoms with Crippen LogP contribution in [0.4, 0.5) is 5.69 Å². The Morgan fingerprint density at radius 3 is 2.34 bits per heavy atom. The quantitative estimate of drug-likeness (QED) is 0.419. The van der Waals surface area contributed by atoms with Crippen molar-refractivity contribution in [3.8, 4) is 0 Å². The summed E-state index contributed by atoms with van der Waals surface area (Å²) in [6.45, 7) is 6.61. The SMILES string of the molecule is CCCNC(=O)[C@@H](CC)N(Cc1ccccc1)C(=O)CCCN(c1cccc(Cl)c1C)S(C)(=O)=O. The number of nitrogens with zero attached hydrogens (tertiary/aromatic N) is 2. The van der Waals surface area contributed by atoms with Crippen molar-refractivity contribution in [2.45, 2.75) is 59.0 Å². The van der Waals surface area contributed by atoms with Gasteiger partial charge in [0.25, 0.3) is 0 Å². The maximum atomic E-state index is 13.4. The van der Waals surface area contributed by atoms with E-state index >= 15 is 0 Å². The van der Waals surface area contributed by atoms with Gasteiger partial charge in [-0.05, 0) is 49.4 Å². The van der Waals surface area contributed by atoms with Crippen molar-refractivity contribution >= 4 is 39.1 Å². The number of carbonyl (C=O) groups excluding carboxylic acids is 2. The van der Waals surface area contributed by atoms with E-state index in [1.807, 2.05) is 44.2 Å². The van der Waals surface area contributed by atoms with Gasteiger partial charge in [0, 0.05) is 31.1 Å². The molecule has 7 nitrogen and oxygen atoms in total. The summed E-state index contributed by atoms with van der Waals surface area (Å²) in [5.41, 5.74) is 2.09. The number of rotatable bonds is 13. The molecule has 0 fully saturated rings. The predicted molar refractivity (Wildman–Crippen MR) is 142 cm³/mol. The number of hydrogen-bond acceptors (Lipinski definition) is 4. The molecule has 192 valence electrons. The van der Waals surface area contributed by atoms with Gasteiger partial charge >= 0.3 is 0 Å². The maximum absolute atomic E-state index is 13.4. The van der Waals surface area contributed by atoms with E-state index < -0.39 is 16.1 Å². The topological polar surface area (TPSA) is 86.8 Å². The van der Waals surface area contributed by atoms with Gasteiger partial charge in [-0.25, -0.2) is 8.42 Å². The van der Waals surface area contributed by atoms with E-state index in [0.717, 1.165) is 18.2 Å². The van der Waals surface area contributed by atoms with Gasteiger partial charge in [-0.1, -0.05) is 61.8 Å². The first kappa shape index (κ1) is 28.7. The summed E-state index contributed by atoms with van der Waals surface area (Å²) in [5, 5.41) is 3.38. The third-order valence-electron chi connectivity index (χ3n) is 5.79. The Bertz CT molecular complexity index is 1090. The van der Waals surface area contributed by atoms with Crippen molar-refractivity contribution in [3.05, 3.63) is 64.7 Å². The molecule has 0 heterocycles. The largest absolute Gasteiger partial charge is 0.354 e. The molecule has 0 saturated carbocycles. The van der Waals surface area contributed by atoms with Crippen LogP contribution < -0.4 is 9.62 Å². The lowest BCUT2D eigenvalue weighted by molar-refractivity contribution is -0.141. The average Bonchev–Trinajstić information content (AvgIpc) is 2.82. The molecule has 2 aromatic carbocycles. The molecule has 9 heteroatoms. The molecular weight excluding hydrogens is 486 g/mol. The Kier molecular flexibility index (Phi) is 11.0. The molecule has 0 saturated heterocycles. The standard InChI is InChI=1S/C26H36ClN3O4S/c1-5-17-28-26(32)23(6-2)29(19-21-12-8-7-9-13-21)25(31)16-11-18-30(35(4,33)34)24-15-10-14-22(27)20(24)3/h7-10,12-15,23H,5-6,11,16-19H2,1-4H3,(H,28,32)/t23-/m1/s1. The number of carbonyl (C=O) groups is 2. The van der Waals surface area contributed by atoms with Crippen LogP contribution in [-0.4, -0.2) is 50.5 Å². The van der Waals surface area contributed by atoms with Crippen LogP contribution in [0.15, 0.2) is 48.5 Å². The summed E-state index contributed by atoms with van der Waals surface area (Å²) in [7, 11) is -3.58. The normalized spacial score (nSPS) is 12.1. The summed E-state index contributed by atoms with van der Waals surface area (Å²) >= 11 is 6.21. The Hall–Kier alpha value is -2.58. The van der Waals surface area contributed by atoms with E-state index in [1.54, 1.807) is 30.0 Å². The van der Waals surface area contributed by atoms with Gasteiger partial charge in [0.2, 0.25) is 21.8 Å². The van der Waals surface area contributed by atoms with Gasteiger partial charge in [-0.3, -0.25) is 13.9 Å². The lowest BCUT2D eigenvalue weighted by Crippen LogP contribution is -2.49. The van der Waals surface area contributed by atoms with Crippen molar-refractivity contribution in [2.24, 2.45) is 0 Å². The molecule has 35 heavy (non-hydrogen) atoms. The van der Waals surface area contributed by atoms with Crippen molar-refractivity contribution in [3.63, 3.8) is 0 Å². The minimum absolute atomic E-state index is 0.107. The first-order valence-corrected chi connectivity index (χ1v) is 14.2. The van der Waals surface area contributed by atoms with E-state index in [9.17, 15) is 18.0 Å². The van der Waals surface area contributed by atoms with Crippen LogP contribution in [0.2, 0.25) is 5.02 Å². The summed E-state index contributed by atoms with van der Waals surface area (Å²) in [4.78, 5) is 27.8. The molecular formula is C26H36ClN3O4S. The van der Waals surface area contributed by atoms with Crippen molar-refractivity contribution < 1.29 is 18.0 Å². The number of halogens is 1. The zero-order valence-electron chi connectivity index (χ0n) is 21.0. The summed E-state index contributed by atoms with van der Waals surface area (Å²) in [6.07, 6.45) is 2.83. The summed E-state index contributed by atoms with van der Waals surface area (Å²) in [6, 6.07) is 14.1. The smallest absolute Gasteiger partial charge is 0.242 e. The zero-order valence-corrected chi connectivity index (χ0v) is 22.5. The van der Waals surface area contributed by atoms with Gasteiger partial charge in [0.05, 0.1) is 11.9 Å². The fourth-order valence-corrected chi connectivity index (χ4v) is 5.10. The number of sulfonamides is 1. The highest BCUT2D eigenvalue weighted by Crippen LogP contribution is 2.28. The molecule has 2 aromatic rings. The second-order valence-electron chi connectivity index (χ2n) is 8.54. The Labute approximate surface area is 214 Å². The molecule has 2 rings (SSSR count). The van der Waals surface area contributed by atoms with E-state index in [-0.39, 0.29) is 24.8 Å². The highest BCUT2D eigenvalue weighted by Gasteiger charge is 2.28. The van der Waals surface area contributed by atoms with E-state index in [2.05, 4.69) is 5.32 Å². The summed E-state index contributed by atoms with van der Waals surface area (Å²) < 4.78 is 26.3. The number of amides is 2. The molecule has 1 atom stereocenters. The molecule has 1 N–H and O–H groups in total. The lowest BCUT2D eigenvalue weighted by atomic mass is 10.1. The molecule has 2 amide bonds. The number of benzene rings is 2. The van der Waals surface area contributed by atoms with Crippen LogP contribution in [0.3, 0.4) is 0 Å². The van der Waals surface area contributed by atoms with Gasteiger partial charge in [0.15, 0.2) is 0 Å². The molecule has 0 radical (unpaired) electrons. The number of anilines is 1. The monoisotopic (exact) mass is 521 g/mol. The first-order valence-electron chi connectivity index (χ1n) is 11.9. The molecule has 0 aromatic heterocycles. The van der Waals surface area contributed by atoms with E-state index in [0.29, 0.717) is 42.2 Å². The van der Waals surface area contributed by atoms with Gasteiger partial charge in [0.1, 0.15) is 6.04 Å². The minimum atomic E-state index is -3.58. The van der Waals surface area contributed by atoms with Crippen molar-refractivity contribution in [1.82, 2.24) is 10.2 Å². The van der Waals surface area contributed by atoms with Gasteiger partial charge in [-0.15, -0.1) is 0 Å². The van der Waals surface area contributed by atoms with Crippen LogP contribution in [0, 0.1) is 6.92 Å². The molecule has 0 bridgehead atoms. The van der Waals surface area contributed by atoms with Gasteiger partial charge in [-0.2, -0.15) is 0 Å². The van der Waals surface area contributed by atoms with Crippen LogP contribution >= 0.6 is 11.6 Å². The van der Waals surface area contributed by atoms with E-state index in [4.69, 9.17) is 11.6 Å². The second-order valence-corrected chi connectivity index (χ2v) is 10.9. The first-order chi connectivity index (χ1) is 16.6. The van der Waals surface area contributed by atoms with Gasteiger partial charge < -0.3 is 10.2 Å². The molecule has 0 aliphatic carbocycles. The number of hydrogen-bond donors (Lipinski definition) is 1. The highest BCUT2D eigenvalue weighted by molar-refractivity contribution is 7.92. The fourth-order valence-electron chi connectivity index (χ4n) is 3.91. The van der Waals surface area contributed by atoms with E-state index in [1.165, 1.54) is 4.31 Å². The Morgan fingerprint density at radius 1 is 1.06 bits per heavy atom.